The van der Waals surface area contributed by atoms with Gasteiger partial charge >= 0.3 is 0 Å². The summed E-state index contributed by atoms with van der Waals surface area (Å²) in [6.07, 6.45) is 1.72. The van der Waals surface area contributed by atoms with Crippen molar-refractivity contribution in [3.8, 4) is 5.75 Å². The topological polar surface area (TPSA) is 21.3 Å². The SMILES string of the molecule is C=CCOc1ccc(Br)cc1CNc1ccc(Cl)cc1Cl. The van der Waals surface area contributed by atoms with Gasteiger partial charge in [-0.3, -0.25) is 0 Å². The molecule has 2 aromatic rings. The first-order chi connectivity index (χ1) is 10.1. The molecule has 2 aromatic carbocycles. The van der Waals surface area contributed by atoms with Crippen LogP contribution in [0.4, 0.5) is 5.69 Å². The van der Waals surface area contributed by atoms with Crippen LogP contribution in [0, 0.1) is 0 Å². The molecule has 0 aliphatic heterocycles. The summed E-state index contributed by atoms with van der Waals surface area (Å²) in [5, 5.41) is 4.49. The number of hydrogen-bond donors (Lipinski definition) is 1. The molecule has 2 rings (SSSR count). The van der Waals surface area contributed by atoms with Crippen molar-refractivity contribution in [2.24, 2.45) is 0 Å². The highest BCUT2D eigenvalue weighted by atomic mass is 79.9. The van der Waals surface area contributed by atoms with Gasteiger partial charge in [-0.1, -0.05) is 51.8 Å². The van der Waals surface area contributed by atoms with Crippen LogP contribution in [-0.4, -0.2) is 6.61 Å². The molecule has 0 unspecified atom stereocenters. The van der Waals surface area contributed by atoms with Crippen molar-refractivity contribution >= 4 is 44.8 Å². The van der Waals surface area contributed by atoms with Gasteiger partial charge in [0.05, 0.1) is 10.7 Å². The molecule has 21 heavy (non-hydrogen) atoms. The Hall–Kier alpha value is -1.16. The van der Waals surface area contributed by atoms with Crippen molar-refractivity contribution in [2.45, 2.75) is 6.54 Å². The minimum Gasteiger partial charge on any atom is -0.489 e. The summed E-state index contributed by atoms with van der Waals surface area (Å²) in [4.78, 5) is 0. The van der Waals surface area contributed by atoms with Crippen LogP contribution in [0.3, 0.4) is 0 Å². The van der Waals surface area contributed by atoms with Crippen LogP contribution < -0.4 is 10.1 Å². The summed E-state index contributed by atoms with van der Waals surface area (Å²) in [5.41, 5.74) is 1.85. The molecule has 0 aliphatic carbocycles. The summed E-state index contributed by atoms with van der Waals surface area (Å²) >= 11 is 15.5. The number of nitrogens with one attached hydrogen (secondary N) is 1. The van der Waals surface area contributed by atoms with Crippen molar-refractivity contribution < 1.29 is 4.74 Å². The second-order valence-electron chi connectivity index (χ2n) is 4.33. The first-order valence-corrected chi connectivity index (χ1v) is 7.86. The Morgan fingerprint density at radius 1 is 1.19 bits per heavy atom. The van der Waals surface area contributed by atoms with Gasteiger partial charge in [-0.25, -0.2) is 0 Å². The maximum absolute atomic E-state index is 6.15. The molecule has 110 valence electrons. The third-order valence-electron chi connectivity index (χ3n) is 2.78. The highest BCUT2D eigenvalue weighted by molar-refractivity contribution is 9.10. The van der Waals surface area contributed by atoms with Gasteiger partial charge in [0.1, 0.15) is 12.4 Å². The maximum Gasteiger partial charge on any atom is 0.124 e. The van der Waals surface area contributed by atoms with Gasteiger partial charge in [0, 0.05) is 21.6 Å². The highest BCUT2D eigenvalue weighted by Gasteiger charge is 2.06. The molecule has 0 saturated heterocycles. The van der Waals surface area contributed by atoms with Crippen molar-refractivity contribution in [1.82, 2.24) is 0 Å². The first kappa shape index (κ1) is 16.2. The number of benzene rings is 2. The van der Waals surface area contributed by atoms with E-state index in [1.807, 2.05) is 24.3 Å². The van der Waals surface area contributed by atoms with Crippen molar-refractivity contribution in [3.63, 3.8) is 0 Å². The fraction of sp³-hybridized carbons (Fsp3) is 0.125. The van der Waals surface area contributed by atoms with E-state index in [2.05, 4.69) is 27.8 Å². The Bertz CT molecular complexity index is 646. The molecule has 0 aromatic heterocycles. The van der Waals surface area contributed by atoms with Crippen LogP contribution in [0.5, 0.6) is 5.75 Å². The van der Waals surface area contributed by atoms with Gasteiger partial charge in [-0.05, 0) is 36.4 Å². The van der Waals surface area contributed by atoms with E-state index in [4.69, 9.17) is 27.9 Å². The average Bonchev–Trinajstić information content (AvgIpc) is 2.45. The molecule has 0 saturated carbocycles. The normalized spacial score (nSPS) is 10.2. The Morgan fingerprint density at radius 2 is 2.00 bits per heavy atom. The van der Waals surface area contributed by atoms with Gasteiger partial charge in [-0.15, -0.1) is 0 Å². The third kappa shape index (κ3) is 4.67. The van der Waals surface area contributed by atoms with Crippen LogP contribution in [0.25, 0.3) is 0 Å². The summed E-state index contributed by atoms with van der Waals surface area (Å²) < 4.78 is 6.64. The lowest BCUT2D eigenvalue weighted by Gasteiger charge is -2.13. The second-order valence-corrected chi connectivity index (χ2v) is 6.09. The summed E-state index contributed by atoms with van der Waals surface area (Å²) in [6.45, 7) is 4.72. The minimum atomic E-state index is 0.469. The number of halogens is 3. The fourth-order valence-corrected chi connectivity index (χ4v) is 2.68. The molecule has 0 bridgehead atoms. The van der Waals surface area contributed by atoms with Crippen molar-refractivity contribution in [1.29, 1.82) is 0 Å². The van der Waals surface area contributed by atoms with Crippen molar-refractivity contribution in [2.75, 3.05) is 11.9 Å². The Kier molecular flexibility index (Phi) is 5.97. The summed E-state index contributed by atoms with van der Waals surface area (Å²) in [7, 11) is 0. The highest BCUT2D eigenvalue weighted by Crippen LogP contribution is 2.28. The van der Waals surface area contributed by atoms with Gasteiger partial charge in [-0.2, -0.15) is 0 Å². The molecule has 0 fully saturated rings. The number of ether oxygens (including phenoxy) is 1. The average molecular weight is 387 g/mol. The van der Waals surface area contributed by atoms with Crippen LogP contribution in [-0.2, 0) is 6.54 Å². The van der Waals surface area contributed by atoms with Gasteiger partial charge in [0.25, 0.3) is 0 Å². The van der Waals surface area contributed by atoms with Gasteiger partial charge in [0.15, 0.2) is 0 Å². The Morgan fingerprint density at radius 3 is 2.71 bits per heavy atom. The zero-order valence-corrected chi connectivity index (χ0v) is 14.3. The molecule has 0 heterocycles. The van der Waals surface area contributed by atoms with Crippen LogP contribution >= 0.6 is 39.1 Å². The van der Waals surface area contributed by atoms with E-state index in [1.165, 1.54) is 0 Å². The molecular formula is C16H14BrCl2NO. The molecule has 5 heteroatoms. The lowest BCUT2D eigenvalue weighted by atomic mass is 10.2. The molecule has 0 amide bonds. The largest absolute Gasteiger partial charge is 0.489 e. The number of rotatable bonds is 6. The molecule has 0 atom stereocenters. The van der Waals surface area contributed by atoms with E-state index in [9.17, 15) is 0 Å². The first-order valence-electron chi connectivity index (χ1n) is 6.31. The minimum absolute atomic E-state index is 0.469. The van der Waals surface area contributed by atoms with Crippen LogP contribution in [0.2, 0.25) is 10.0 Å². The summed E-state index contributed by atoms with van der Waals surface area (Å²) in [5.74, 6) is 0.815. The molecule has 0 radical (unpaired) electrons. The smallest absolute Gasteiger partial charge is 0.124 e. The fourth-order valence-electron chi connectivity index (χ4n) is 1.80. The van der Waals surface area contributed by atoms with Crippen LogP contribution in [0.1, 0.15) is 5.56 Å². The lowest BCUT2D eigenvalue weighted by molar-refractivity contribution is 0.359. The van der Waals surface area contributed by atoms with Crippen molar-refractivity contribution in [3.05, 3.63) is 69.1 Å². The maximum atomic E-state index is 6.15. The monoisotopic (exact) mass is 385 g/mol. The van der Waals surface area contributed by atoms with Crippen LogP contribution in [0.15, 0.2) is 53.5 Å². The van der Waals surface area contributed by atoms with E-state index in [0.717, 1.165) is 21.5 Å². The van der Waals surface area contributed by atoms with E-state index < -0.39 is 0 Å². The van der Waals surface area contributed by atoms with E-state index >= 15 is 0 Å². The molecule has 0 aliphatic rings. The second kappa shape index (κ2) is 7.74. The number of hydrogen-bond acceptors (Lipinski definition) is 2. The quantitative estimate of drug-likeness (QED) is 0.621. The van der Waals surface area contributed by atoms with Gasteiger partial charge in [0.2, 0.25) is 0 Å². The summed E-state index contributed by atoms with van der Waals surface area (Å²) in [6, 6.07) is 11.2. The predicted molar refractivity (Wildman–Crippen MR) is 93.6 cm³/mol. The predicted octanol–water partition coefficient (Wildman–Crippen LogP) is 5.93. The zero-order valence-electron chi connectivity index (χ0n) is 11.2. The Labute approximate surface area is 142 Å². The Balaban J connectivity index is 2.14. The third-order valence-corrected chi connectivity index (χ3v) is 3.82. The molecule has 2 nitrogen and oxygen atoms in total. The molecule has 1 N–H and O–H groups in total. The van der Waals surface area contributed by atoms with Gasteiger partial charge < -0.3 is 10.1 Å². The molecular weight excluding hydrogens is 373 g/mol. The van der Waals surface area contributed by atoms with E-state index in [1.54, 1.807) is 18.2 Å². The van der Waals surface area contributed by atoms with E-state index in [-0.39, 0.29) is 0 Å². The molecule has 0 spiro atoms. The standard InChI is InChI=1S/C16H14BrCl2NO/c1-2-7-21-16-6-3-12(17)8-11(16)10-20-15-5-4-13(18)9-14(15)19/h2-6,8-9,20H,1,7,10H2. The van der Waals surface area contributed by atoms with E-state index in [0.29, 0.717) is 23.2 Å². The zero-order chi connectivity index (χ0) is 15.2. The lowest BCUT2D eigenvalue weighted by Crippen LogP contribution is -2.04. The number of anilines is 1.